The highest BCUT2D eigenvalue weighted by Crippen LogP contribution is 2.25. The third-order valence-corrected chi connectivity index (χ3v) is 3.24. The van der Waals surface area contributed by atoms with Crippen LogP contribution < -0.4 is 5.73 Å². The van der Waals surface area contributed by atoms with E-state index in [9.17, 15) is 15.0 Å². The molecule has 0 aliphatic carbocycles. The van der Waals surface area contributed by atoms with E-state index in [2.05, 4.69) is 0 Å². The highest BCUT2D eigenvalue weighted by atomic mass is 16.3. The Labute approximate surface area is 123 Å². The van der Waals surface area contributed by atoms with Crippen molar-refractivity contribution in [2.24, 2.45) is 0 Å². The summed E-state index contributed by atoms with van der Waals surface area (Å²) in [6, 6.07) is 11.4. The number of phenols is 2. The molecular weight excluding hydrogens is 268 g/mol. The molecule has 0 unspecified atom stereocenters. The Bertz CT molecular complexity index is 638. The molecule has 2 aromatic rings. The lowest BCUT2D eigenvalue weighted by Gasteiger charge is -2.21. The largest absolute Gasteiger partial charge is 0.504 e. The number of carbonyl (C=O) groups excluding carboxylic acids is 1. The molecule has 21 heavy (non-hydrogen) atoms. The molecule has 0 bridgehead atoms. The van der Waals surface area contributed by atoms with E-state index in [1.165, 1.54) is 18.2 Å². The van der Waals surface area contributed by atoms with Crippen LogP contribution in [-0.4, -0.2) is 27.6 Å². The molecule has 1 amide bonds. The lowest BCUT2D eigenvalue weighted by Crippen LogP contribution is -2.30. The van der Waals surface area contributed by atoms with Gasteiger partial charge in [0.1, 0.15) is 0 Å². The van der Waals surface area contributed by atoms with E-state index in [-0.39, 0.29) is 17.4 Å². The molecule has 0 spiro atoms. The zero-order valence-electron chi connectivity index (χ0n) is 11.8. The molecule has 0 saturated heterocycles. The summed E-state index contributed by atoms with van der Waals surface area (Å²) in [7, 11) is 0. The van der Waals surface area contributed by atoms with Gasteiger partial charge in [-0.3, -0.25) is 4.79 Å². The monoisotopic (exact) mass is 286 g/mol. The standard InChI is InChI=1S/C16H18N2O3/c1-2-18(10-11-3-6-13(17)7-4-11)16(21)12-5-8-14(19)15(20)9-12/h3-9,19-20H,2,10,17H2,1H3. The molecule has 0 fully saturated rings. The minimum Gasteiger partial charge on any atom is -0.504 e. The topological polar surface area (TPSA) is 86.8 Å². The van der Waals surface area contributed by atoms with Gasteiger partial charge in [0.05, 0.1) is 0 Å². The van der Waals surface area contributed by atoms with Crippen molar-refractivity contribution < 1.29 is 15.0 Å². The second kappa shape index (κ2) is 6.17. The van der Waals surface area contributed by atoms with Gasteiger partial charge < -0.3 is 20.8 Å². The molecule has 110 valence electrons. The first-order chi connectivity index (χ1) is 10.0. The van der Waals surface area contributed by atoms with Crippen molar-refractivity contribution in [3.63, 3.8) is 0 Å². The lowest BCUT2D eigenvalue weighted by molar-refractivity contribution is 0.0752. The van der Waals surface area contributed by atoms with E-state index in [0.29, 0.717) is 24.3 Å². The van der Waals surface area contributed by atoms with Gasteiger partial charge in [-0.1, -0.05) is 12.1 Å². The number of rotatable bonds is 4. The van der Waals surface area contributed by atoms with Crippen LogP contribution in [0.4, 0.5) is 5.69 Å². The van der Waals surface area contributed by atoms with Crippen molar-refractivity contribution in [3.05, 3.63) is 53.6 Å². The number of nitrogens with zero attached hydrogens (tertiary/aromatic N) is 1. The maximum atomic E-state index is 12.4. The van der Waals surface area contributed by atoms with E-state index >= 15 is 0 Å². The second-order valence-electron chi connectivity index (χ2n) is 4.76. The summed E-state index contributed by atoms with van der Waals surface area (Å²) in [4.78, 5) is 14.1. The maximum absolute atomic E-state index is 12.4. The third-order valence-electron chi connectivity index (χ3n) is 3.24. The number of anilines is 1. The molecule has 0 aliphatic heterocycles. The van der Waals surface area contributed by atoms with E-state index in [1.54, 1.807) is 17.0 Å². The van der Waals surface area contributed by atoms with Gasteiger partial charge in [-0.2, -0.15) is 0 Å². The molecule has 0 atom stereocenters. The first kappa shape index (κ1) is 14.7. The summed E-state index contributed by atoms with van der Waals surface area (Å²) in [5, 5.41) is 18.8. The number of hydrogen-bond acceptors (Lipinski definition) is 4. The second-order valence-corrected chi connectivity index (χ2v) is 4.76. The van der Waals surface area contributed by atoms with Crippen molar-refractivity contribution in [1.82, 2.24) is 4.90 Å². The highest BCUT2D eigenvalue weighted by Gasteiger charge is 2.16. The molecule has 5 nitrogen and oxygen atoms in total. The summed E-state index contributed by atoms with van der Waals surface area (Å²) < 4.78 is 0. The van der Waals surface area contributed by atoms with E-state index in [4.69, 9.17) is 5.73 Å². The summed E-state index contributed by atoms with van der Waals surface area (Å²) in [5.41, 5.74) is 7.63. The van der Waals surface area contributed by atoms with Crippen LogP contribution in [0.15, 0.2) is 42.5 Å². The molecule has 0 aromatic heterocycles. The smallest absolute Gasteiger partial charge is 0.254 e. The fourth-order valence-electron chi connectivity index (χ4n) is 2.01. The van der Waals surface area contributed by atoms with Gasteiger partial charge in [-0.05, 0) is 42.8 Å². The van der Waals surface area contributed by atoms with Crippen molar-refractivity contribution in [1.29, 1.82) is 0 Å². The zero-order chi connectivity index (χ0) is 15.4. The molecule has 2 rings (SSSR count). The van der Waals surface area contributed by atoms with Crippen LogP contribution in [0, 0.1) is 0 Å². The number of benzene rings is 2. The number of carbonyl (C=O) groups is 1. The van der Waals surface area contributed by atoms with Crippen LogP contribution in [0.1, 0.15) is 22.8 Å². The van der Waals surface area contributed by atoms with E-state index < -0.39 is 0 Å². The van der Waals surface area contributed by atoms with Crippen molar-refractivity contribution in [2.75, 3.05) is 12.3 Å². The quantitative estimate of drug-likeness (QED) is 0.594. The first-order valence-corrected chi connectivity index (χ1v) is 6.67. The van der Waals surface area contributed by atoms with Gasteiger partial charge in [0.2, 0.25) is 0 Å². The molecule has 0 aliphatic rings. The number of nitrogens with two attached hydrogens (primary N) is 1. The molecule has 2 aromatic carbocycles. The van der Waals surface area contributed by atoms with Gasteiger partial charge in [-0.15, -0.1) is 0 Å². The van der Waals surface area contributed by atoms with Crippen molar-refractivity contribution in [3.8, 4) is 11.5 Å². The number of nitrogen functional groups attached to an aromatic ring is 1. The Morgan fingerprint density at radius 3 is 2.33 bits per heavy atom. The predicted molar refractivity (Wildman–Crippen MR) is 81.0 cm³/mol. The van der Waals surface area contributed by atoms with E-state index in [0.717, 1.165) is 5.56 Å². The molecular formula is C16H18N2O3. The van der Waals surface area contributed by atoms with Crippen molar-refractivity contribution in [2.45, 2.75) is 13.5 Å². The number of amides is 1. The number of aromatic hydroxyl groups is 2. The van der Waals surface area contributed by atoms with Crippen molar-refractivity contribution >= 4 is 11.6 Å². The minimum atomic E-state index is -0.301. The SMILES string of the molecule is CCN(Cc1ccc(N)cc1)C(=O)c1ccc(O)c(O)c1. The Morgan fingerprint density at radius 2 is 1.76 bits per heavy atom. The Balaban J connectivity index is 2.18. The fourth-order valence-corrected chi connectivity index (χ4v) is 2.01. The zero-order valence-corrected chi connectivity index (χ0v) is 11.8. The first-order valence-electron chi connectivity index (χ1n) is 6.67. The molecule has 5 heteroatoms. The fraction of sp³-hybridized carbons (Fsp3) is 0.188. The highest BCUT2D eigenvalue weighted by molar-refractivity contribution is 5.94. The van der Waals surface area contributed by atoms with Gasteiger partial charge in [0.25, 0.3) is 5.91 Å². The Hall–Kier alpha value is -2.69. The summed E-state index contributed by atoms with van der Waals surface area (Å²) >= 11 is 0. The average molecular weight is 286 g/mol. The third kappa shape index (κ3) is 3.45. The van der Waals surface area contributed by atoms with Gasteiger partial charge in [0.15, 0.2) is 11.5 Å². The van der Waals surface area contributed by atoms with Crippen LogP contribution in [0.25, 0.3) is 0 Å². The molecule has 0 radical (unpaired) electrons. The molecule has 0 heterocycles. The normalized spacial score (nSPS) is 10.3. The van der Waals surface area contributed by atoms with Crippen LogP contribution in [0.2, 0.25) is 0 Å². The lowest BCUT2D eigenvalue weighted by atomic mass is 10.1. The Morgan fingerprint density at radius 1 is 1.10 bits per heavy atom. The van der Waals surface area contributed by atoms with Gasteiger partial charge in [-0.25, -0.2) is 0 Å². The predicted octanol–water partition coefficient (Wildman–Crippen LogP) is 2.34. The summed E-state index contributed by atoms with van der Waals surface area (Å²) in [6.45, 7) is 2.87. The molecule has 4 N–H and O–H groups in total. The summed E-state index contributed by atoms with van der Waals surface area (Å²) in [5.74, 6) is -0.748. The van der Waals surface area contributed by atoms with Crippen LogP contribution in [0.5, 0.6) is 11.5 Å². The van der Waals surface area contributed by atoms with Gasteiger partial charge in [0, 0.05) is 24.3 Å². The number of phenolic OH excluding ortho intramolecular Hbond substituents is 2. The van der Waals surface area contributed by atoms with Gasteiger partial charge >= 0.3 is 0 Å². The minimum absolute atomic E-state index is 0.204. The molecule has 0 saturated carbocycles. The Kier molecular flexibility index (Phi) is 4.33. The summed E-state index contributed by atoms with van der Waals surface area (Å²) in [6.07, 6.45) is 0. The maximum Gasteiger partial charge on any atom is 0.254 e. The van der Waals surface area contributed by atoms with E-state index in [1.807, 2.05) is 19.1 Å². The van der Waals surface area contributed by atoms with Crippen LogP contribution in [-0.2, 0) is 6.54 Å². The van der Waals surface area contributed by atoms with Crippen LogP contribution in [0.3, 0.4) is 0 Å². The number of hydrogen-bond donors (Lipinski definition) is 3. The van der Waals surface area contributed by atoms with Crippen LogP contribution >= 0.6 is 0 Å². The average Bonchev–Trinajstić information content (AvgIpc) is 2.49.